The number of aryl methyl sites for hydroxylation is 1. The van der Waals surface area contributed by atoms with E-state index in [9.17, 15) is 0 Å². The molecule has 2 saturated heterocycles. The largest absolute Gasteiger partial charge is 0.314 e. The Morgan fingerprint density at radius 2 is 2.00 bits per heavy atom. The molecule has 1 aromatic heterocycles. The maximum atomic E-state index is 3.77. The fraction of sp³-hybridized carbons (Fsp3) is 0.765. The summed E-state index contributed by atoms with van der Waals surface area (Å²) in [7, 11) is 0. The van der Waals surface area contributed by atoms with Gasteiger partial charge < -0.3 is 5.32 Å². The van der Waals surface area contributed by atoms with Gasteiger partial charge in [0.2, 0.25) is 0 Å². The van der Waals surface area contributed by atoms with Crippen molar-refractivity contribution in [1.82, 2.24) is 10.2 Å². The summed E-state index contributed by atoms with van der Waals surface area (Å²) in [5, 5.41) is 8.41. The van der Waals surface area contributed by atoms with Gasteiger partial charge in [-0.15, -0.1) is 0 Å². The monoisotopic (exact) mass is 292 g/mol. The summed E-state index contributed by atoms with van der Waals surface area (Å²) in [5.41, 5.74) is 3.05. The smallest absolute Gasteiger partial charge is 0.0250 e. The SMILES string of the molecule is CCCNC1CC2CCCC(C1)N2Cc1cscc1C. The van der Waals surface area contributed by atoms with Crippen molar-refractivity contribution in [3.8, 4) is 0 Å². The van der Waals surface area contributed by atoms with Crippen molar-refractivity contribution in [2.45, 2.75) is 77.0 Å². The summed E-state index contributed by atoms with van der Waals surface area (Å²) in [6.45, 7) is 6.90. The zero-order chi connectivity index (χ0) is 13.9. The van der Waals surface area contributed by atoms with E-state index in [4.69, 9.17) is 0 Å². The average Bonchev–Trinajstić information content (AvgIpc) is 2.82. The van der Waals surface area contributed by atoms with E-state index in [-0.39, 0.29) is 0 Å². The predicted octanol–water partition coefficient (Wildman–Crippen LogP) is 3.94. The Hall–Kier alpha value is -0.380. The third-order valence-corrected chi connectivity index (χ3v) is 6.03. The van der Waals surface area contributed by atoms with Crippen LogP contribution in [0.1, 0.15) is 56.6 Å². The summed E-state index contributed by atoms with van der Waals surface area (Å²) < 4.78 is 0. The molecule has 0 aliphatic carbocycles. The summed E-state index contributed by atoms with van der Waals surface area (Å²) in [6, 6.07) is 2.40. The van der Waals surface area contributed by atoms with Gasteiger partial charge in [-0.2, -0.15) is 11.3 Å². The number of nitrogens with zero attached hydrogens (tertiary/aromatic N) is 1. The van der Waals surface area contributed by atoms with Gasteiger partial charge in [0.1, 0.15) is 0 Å². The number of nitrogens with one attached hydrogen (secondary N) is 1. The molecule has 1 N–H and O–H groups in total. The lowest BCUT2D eigenvalue weighted by molar-refractivity contribution is 0.0177. The Balaban J connectivity index is 1.65. The van der Waals surface area contributed by atoms with Crippen molar-refractivity contribution >= 4 is 11.3 Å². The van der Waals surface area contributed by atoms with Crippen LogP contribution in [0.4, 0.5) is 0 Å². The lowest BCUT2D eigenvalue weighted by Crippen LogP contribution is -2.55. The zero-order valence-corrected chi connectivity index (χ0v) is 13.7. The van der Waals surface area contributed by atoms with Crippen LogP contribution in [0.3, 0.4) is 0 Å². The van der Waals surface area contributed by atoms with Crippen molar-refractivity contribution < 1.29 is 0 Å². The van der Waals surface area contributed by atoms with Crippen molar-refractivity contribution in [2.75, 3.05) is 6.54 Å². The van der Waals surface area contributed by atoms with E-state index in [0.717, 1.165) is 18.1 Å². The van der Waals surface area contributed by atoms with Gasteiger partial charge in [0, 0.05) is 24.7 Å². The molecular formula is C17H28N2S. The molecule has 2 unspecified atom stereocenters. The third kappa shape index (κ3) is 3.10. The molecule has 0 saturated carbocycles. The first-order valence-electron chi connectivity index (χ1n) is 8.28. The summed E-state index contributed by atoms with van der Waals surface area (Å²) in [4.78, 5) is 2.82. The van der Waals surface area contributed by atoms with E-state index in [1.165, 1.54) is 57.2 Å². The average molecular weight is 292 g/mol. The van der Waals surface area contributed by atoms with Crippen LogP contribution in [0.25, 0.3) is 0 Å². The van der Waals surface area contributed by atoms with Crippen LogP contribution in [0.2, 0.25) is 0 Å². The van der Waals surface area contributed by atoms with Gasteiger partial charge in [0.25, 0.3) is 0 Å². The van der Waals surface area contributed by atoms with E-state index in [1.54, 1.807) is 5.56 Å². The number of hydrogen-bond donors (Lipinski definition) is 1. The van der Waals surface area contributed by atoms with Crippen molar-refractivity contribution in [2.24, 2.45) is 0 Å². The molecule has 0 amide bonds. The second-order valence-electron chi connectivity index (χ2n) is 6.61. The topological polar surface area (TPSA) is 15.3 Å². The second kappa shape index (κ2) is 6.59. The lowest BCUT2D eigenvalue weighted by atomic mass is 9.81. The first-order chi connectivity index (χ1) is 9.78. The van der Waals surface area contributed by atoms with E-state index >= 15 is 0 Å². The highest BCUT2D eigenvalue weighted by atomic mass is 32.1. The highest BCUT2D eigenvalue weighted by molar-refractivity contribution is 7.08. The third-order valence-electron chi connectivity index (χ3n) is 5.12. The second-order valence-corrected chi connectivity index (χ2v) is 7.36. The van der Waals surface area contributed by atoms with Crippen LogP contribution in [0.5, 0.6) is 0 Å². The van der Waals surface area contributed by atoms with Gasteiger partial charge in [0.05, 0.1) is 0 Å². The van der Waals surface area contributed by atoms with Gasteiger partial charge in [-0.05, 0) is 67.5 Å². The van der Waals surface area contributed by atoms with Crippen LogP contribution in [-0.4, -0.2) is 29.6 Å². The minimum Gasteiger partial charge on any atom is -0.314 e. The molecule has 2 atom stereocenters. The number of thiophene rings is 1. The van der Waals surface area contributed by atoms with E-state index in [1.807, 2.05) is 11.3 Å². The Morgan fingerprint density at radius 1 is 1.25 bits per heavy atom. The van der Waals surface area contributed by atoms with Crippen LogP contribution in [0, 0.1) is 6.92 Å². The first-order valence-corrected chi connectivity index (χ1v) is 9.23. The highest BCUT2D eigenvalue weighted by Gasteiger charge is 2.37. The Morgan fingerprint density at radius 3 is 2.60 bits per heavy atom. The Kier molecular flexibility index (Phi) is 4.79. The molecule has 2 bridgehead atoms. The van der Waals surface area contributed by atoms with Gasteiger partial charge in [0.15, 0.2) is 0 Å². The van der Waals surface area contributed by atoms with Gasteiger partial charge >= 0.3 is 0 Å². The molecule has 0 radical (unpaired) electrons. The molecule has 112 valence electrons. The van der Waals surface area contributed by atoms with Crippen molar-refractivity contribution in [3.63, 3.8) is 0 Å². The van der Waals surface area contributed by atoms with Crippen LogP contribution in [0.15, 0.2) is 10.8 Å². The number of rotatable bonds is 5. The Labute approximate surface area is 127 Å². The van der Waals surface area contributed by atoms with Gasteiger partial charge in [-0.25, -0.2) is 0 Å². The molecule has 20 heavy (non-hydrogen) atoms. The molecule has 0 spiro atoms. The molecule has 2 aliphatic heterocycles. The highest BCUT2D eigenvalue weighted by Crippen LogP contribution is 2.35. The van der Waals surface area contributed by atoms with E-state index in [2.05, 4.69) is 34.8 Å². The molecule has 2 aliphatic rings. The molecule has 0 aromatic carbocycles. The Bertz CT molecular complexity index is 414. The molecule has 3 heterocycles. The van der Waals surface area contributed by atoms with Gasteiger partial charge in [-0.1, -0.05) is 13.3 Å². The van der Waals surface area contributed by atoms with E-state index < -0.39 is 0 Å². The summed E-state index contributed by atoms with van der Waals surface area (Å²) in [6.07, 6.45) is 8.23. The zero-order valence-electron chi connectivity index (χ0n) is 12.9. The van der Waals surface area contributed by atoms with Crippen LogP contribution >= 0.6 is 11.3 Å². The predicted molar refractivity (Wildman–Crippen MR) is 87.3 cm³/mol. The van der Waals surface area contributed by atoms with E-state index in [0.29, 0.717) is 0 Å². The minimum atomic E-state index is 0.769. The quantitative estimate of drug-likeness (QED) is 0.884. The number of hydrogen-bond acceptors (Lipinski definition) is 3. The minimum absolute atomic E-state index is 0.769. The van der Waals surface area contributed by atoms with Crippen LogP contribution < -0.4 is 5.32 Å². The molecule has 3 heteroatoms. The molecule has 1 aromatic rings. The normalized spacial score (nSPS) is 30.6. The maximum Gasteiger partial charge on any atom is 0.0250 e. The maximum absolute atomic E-state index is 3.77. The molecule has 3 rings (SSSR count). The van der Waals surface area contributed by atoms with Gasteiger partial charge in [-0.3, -0.25) is 4.90 Å². The summed E-state index contributed by atoms with van der Waals surface area (Å²) in [5.74, 6) is 0. The fourth-order valence-corrected chi connectivity index (χ4v) is 4.85. The number of piperidine rings is 2. The first kappa shape index (κ1) is 14.6. The van der Waals surface area contributed by atoms with Crippen molar-refractivity contribution in [1.29, 1.82) is 0 Å². The molecule has 2 nitrogen and oxygen atoms in total. The lowest BCUT2D eigenvalue weighted by Gasteiger charge is -2.49. The molecular weight excluding hydrogens is 264 g/mol. The number of fused-ring (bicyclic) bond motifs is 2. The summed E-state index contributed by atoms with van der Waals surface area (Å²) >= 11 is 1.86. The standard InChI is InChI=1S/C17H28N2S/c1-3-7-18-15-8-16-5-4-6-17(9-15)19(16)10-14-12-20-11-13(14)2/h11-12,15-18H,3-10H2,1-2H3. The fourth-order valence-electron chi connectivity index (χ4n) is 4.00. The van der Waals surface area contributed by atoms with Crippen LogP contribution in [-0.2, 0) is 6.54 Å². The van der Waals surface area contributed by atoms with Crippen molar-refractivity contribution in [3.05, 3.63) is 21.9 Å². The molecule has 2 fully saturated rings.